The summed E-state index contributed by atoms with van der Waals surface area (Å²) < 4.78 is 13.6. The van der Waals surface area contributed by atoms with Crippen molar-refractivity contribution in [3.8, 4) is 0 Å². The van der Waals surface area contributed by atoms with Crippen LogP contribution in [0, 0.1) is 0 Å². The molecule has 21 heavy (non-hydrogen) atoms. The lowest BCUT2D eigenvalue weighted by Crippen LogP contribution is -2.17. The van der Waals surface area contributed by atoms with Crippen molar-refractivity contribution in [3.63, 3.8) is 0 Å². The number of hydrogen-bond donors (Lipinski definition) is 0. The molecule has 0 bridgehead atoms. The molecule has 0 aliphatic rings. The van der Waals surface area contributed by atoms with Crippen LogP contribution in [0.1, 0.15) is 13.3 Å². The smallest absolute Gasteiger partial charge is 0.146 e. The molecule has 0 N–H and O–H groups in total. The monoisotopic (exact) mass is 296 g/mol. The summed E-state index contributed by atoms with van der Waals surface area (Å²) in [6, 6.07) is 19.6. The topological polar surface area (TPSA) is 17.1 Å². The zero-order valence-corrected chi connectivity index (χ0v) is 13.2. The molecule has 0 saturated heterocycles. The first kappa shape index (κ1) is 15.5. The molecule has 0 heterocycles. The lowest BCUT2D eigenvalue weighted by atomic mass is 10.4. The van der Waals surface area contributed by atoms with Crippen LogP contribution in [0.25, 0.3) is 0 Å². The van der Waals surface area contributed by atoms with Crippen molar-refractivity contribution in [1.29, 1.82) is 0 Å². The van der Waals surface area contributed by atoms with Gasteiger partial charge in [0.2, 0.25) is 0 Å². The molecule has 2 heteroatoms. The fourth-order valence-corrected chi connectivity index (χ4v) is 4.65. The maximum absolute atomic E-state index is 13.6. The first-order chi connectivity index (χ1) is 10.3. The number of benzene rings is 2. The van der Waals surface area contributed by atoms with E-state index in [0.717, 1.165) is 17.0 Å². The van der Waals surface area contributed by atoms with E-state index in [0.29, 0.717) is 6.16 Å². The summed E-state index contributed by atoms with van der Waals surface area (Å²) in [5.74, 6) is 0. The number of hydrogen-bond acceptors (Lipinski definition) is 1. The van der Waals surface area contributed by atoms with Gasteiger partial charge in [-0.15, -0.1) is 0 Å². The molecule has 1 nitrogen and oxygen atoms in total. The van der Waals surface area contributed by atoms with Crippen molar-refractivity contribution in [2.45, 2.75) is 13.3 Å². The van der Waals surface area contributed by atoms with Crippen LogP contribution in [0.4, 0.5) is 0 Å². The molecule has 0 saturated carbocycles. The second-order valence-corrected chi connectivity index (χ2v) is 7.74. The standard InChI is InChI=1S/C19H21OP/c1-2-3-4-5-12-17-21(20,18-13-8-6-9-14-18)19-15-10-7-11-16-19/h3-16H,2,17H2,1H3/b4-3+,12-5+. The zero-order chi connectivity index (χ0) is 15.0. The average molecular weight is 296 g/mol. The first-order valence-corrected chi connectivity index (χ1v) is 9.18. The fraction of sp³-hybridized carbons (Fsp3) is 0.158. The minimum Gasteiger partial charge on any atom is -0.313 e. The van der Waals surface area contributed by atoms with Gasteiger partial charge < -0.3 is 4.57 Å². The molecule has 2 rings (SSSR count). The summed E-state index contributed by atoms with van der Waals surface area (Å²) in [5.41, 5.74) is 0. The van der Waals surface area contributed by atoms with Crippen molar-refractivity contribution in [3.05, 3.63) is 85.0 Å². The Hall–Kier alpha value is -1.85. The van der Waals surface area contributed by atoms with Gasteiger partial charge in [0.15, 0.2) is 0 Å². The Balaban J connectivity index is 2.34. The molecule has 0 radical (unpaired) electrons. The quantitative estimate of drug-likeness (QED) is 0.565. The molecule has 108 valence electrons. The van der Waals surface area contributed by atoms with Crippen molar-refractivity contribution in [2.24, 2.45) is 0 Å². The minimum atomic E-state index is -2.59. The van der Waals surface area contributed by atoms with E-state index >= 15 is 0 Å². The molecule has 0 aromatic heterocycles. The highest BCUT2D eigenvalue weighted by Gasteiger charge is 2.25. The maximum atomic E-state index is 13.6. The van der Waals surface area contributed by atoms with Crippen molar-refractivity contribution in [2.75, 3.05) is 6.16 Å². The fourth-order valence-electron chi connectivity index (χ4n) is 2.20. The van der Waals surface area contributed by atoms with Gasteiger partial charge in [0.05, 0.1) is 0 Å². The summed E-state index contributed by atoms with van der Waals surface area (Å²) >= 11 is 0. The Morgan fingerprint density at radius 3 is 1.76 bits per heavy atom. The molecule has 0 atom stereocenters. The van der Waals surface area contributed by atoms with Crippen molar-refractivity contribution in [1.82, 2.24) is 0 Å². The maximum Gasteiger partial charge on any atom is 0.146 e. The Labute approximate surface area is 127 Å². The van der Waals surface area contributed by atoms with Crippen LogP contribution in [0.5, 0.6) is 0 Å². The van der Waals surface area contributed by atoms with Gasteiger partial charge in [0, 0.05) is 16.8 Å². The summed E-state index contributed by atoms with van der Waals surface area (Å²) in [7, 11) is -2.59. The SMILES string of the molecule is CC/C=C/C=C/CP(=O)(c1ccccc1)c1ccccc1. The Morgan fingerprint density at radius 1 is 0.810 bits per heavy atom. The summed E-state index contributed by atoms with van der Waals surface area (Å²) in [4.78, 5) is 0. The van der Waals surface area contributed by atoms with Crippen LogP contribution in [0.2, 0.25) is 0 Å². The van der Waals surface area contributed by atoms with Gasteiger partial charge in [0.1, 0.15) is 7.14 Å². The second-order valence-electron chi connectivity index (χ2n) is 4.86. The third-order valence-electron chi connectivity index (χ3n) is 3.33. The van der Waals surface area contributed by atoms with Gasteiger partial charge in [-0.25, -0.2) is 0 Å². The van der Waals surface area contributed by atoms with Crippen LogP contribution in [0.15, 0.2) is 85.0 Å². The van der Waals surface area contributed by atoms with Crippen LogP contribution in [-0.4, -0.2) is 6.16 Å². The van der Waals surface area contributed by atoms with Crippen LogP contribution in [-0.2, 0) is 4.57 Å². The van der Waals surface area contributed by atoms with E-state index in [1.54, 1.807) is 0 Å². The molecular formula is C19H21OP. The molecule has 0 unspecified atom stereocenters. The van der Waals surface area contributed by atoms with Gasteiger partial charge in [-0.1, -0.05) is 91.9 Å². The van der Waals surface area contributed by atoms with Gasteiger partial charge in [-0.2, -0.15) is 0 Å². The second kappa shape index (κ2) is 7.81. The van der Waals surface area contributed by atoms with E-state index in [9.17, 15) is 4.57 Å². The van der Waals surface area contributed by atoms with Gasteiger partial charge >= 0.3 is 0 Å². The highest BCUT2D eigenvalue weighted by Crippen LogP contribution is 2.43. The van der Waals surface area contributed by atoms with Crippen molar-refractivity contribution < 1.29 is 4.57 Å². The van der Waals surface area contributed by atoms with E-state index in [4.69, 9.17) is 0 Å². The Morgan fingerprint density at radius 2 is 1.29 bits per heavy atom. The average Bonchev–Trinajstić information content (AvgIpc) is 2.56. The molecule has 0 amide bonds. The van der Waals surface area contributed by atoms with Gasteiger partial charge in [0.25, 0.3) is 0 Å². The molecule has 0 spiro atoms. The van der Waals surface area contributed by atoms with Crippen LogP contribution >= 0.6 is 7.14 Å². The number of rotatable bonds is 6. The third kappa shape index (κ3) is 4.06. The third-order valence-corrected chi connectivity index (χ3v) is 6.32. The lowest BCUT2D eigenvalue weighted by Gasteiger charge is -2.17. The first-order valence-electron chi connectivity index (χ1n) is 7.29. The summed E-state index contributed by atoms with van der Waals surface area (Å²) in [5, 5.41) is 1.83. The molecule has 0 fully saturated rings. The normalized spacial score (nSPS) is 12.2. The highest BCUT2D eigenvalue weighted by molar-refractivity contribution is 7.78. The van der Waals surface area contributed by atoms with E-state index in [1.165, 1.54) is 0 Å². The molecule has 0 aliphatic heterocycles. The largest absolute Gasteiger partial charge is 0.313 e. The molecule has 2 aromatic carbocycles. The molecular weight excluding hydrogens is 275 g/mol. The highest BCUT2D eigenvalue weighted by atomic mass is 31.2. The van der Waals surface area contributed by atoms with Crippen molar-refractivity contribution >= 4 is 17.8 Å². The Bertz CT molecular complexity index is 598. The minimum absolute atomic E-state index is 0.551. The zero-order valence-electron chi connectivity index (χ0n) is 12.4. The predicted octanol–water partition coefficient (Wildman–Crippen LogP) is 4.52. The Kier molecular flexibility index (Phi) is 5.78. The molecule has 2 aromatic rings. The van der Waals surface area contributed by atoms with Gasteiger partial charge in [-0.05, 0) is 6.42 Å². The van der Waals surface area contributed by atoms with Gasteiger partial charge in [-0.3, -0.25) is 0 Å². The number of allylic oxidation sites excluding steroid dienone is 4. The van der Waals surface area contributed by atoms with E-state index < -0.39 is 7.14 Å². The lowest BCUT2D eigenvalue weighted by molar-refractivity contribution is 0.588. The van der Waals surface area contributed by atoms with E-state index in [2.05, 4.69) is 13.0 Å². The van der Waals surface area contributed by atoms with Crippen LogP contribution < -0.4 is 10.6 Å². The summed E-state index contributed by atoms with van der Waals surface area (Å²) in [6.45, 7) is 2.10. The van der Waals surface area contributed by atoms with Crippen LogP contribution in [0.3, 0.4) is 0 Å². The molecule has 0 aliphatic carbocycles. The van der Waals surface area contributed by atoms with E-state index in [1.807, 2.05) is 78.9 Å². The summed E-state index contributed by atoms with van der Waals surface area (Å²) in [6.07, 6.45) is 9.66. The van der Waals surface area contributed by atoms with E-state index in [-0.39, 0.29) is 0 Å². The predicted molar refractivity (Wildman–Crippen MR) is 93.2 cm³/mol.